The zero-order valence-electron chi connectivity index (χ0n) is 8.73. The summed E-state index contributed by atoms with van der Waals surface area (Å²) in [5.74, 6) is 0.00953. The van der Waals surface area contributed by atoms with Crippen LogP contribution >= 0.6 is 0 Å². The summed E-state index contributed by atoms with van der Waals surface area (Å²) in [6.45, 7) is 6.67. The number of azide groups is 1. The molecule has 0 aliphatic carbocycles. The van der Waals surface area contributed by atoms with E-state index >= 15 is 0 Å². The Morgan fingerprint density at radius 2 is 2.29 bits per heavy atom. The van der Waals surface area contributed by atoms with Gasteiger partial charge in [-0.15, -0.1) is 0 Å². The summed E-state index contributed by atoms with van der Waals surface area (Å²) in [5, 5.41) is 6.14. The Morgan fingerprint density at radius 1 is 1.57 bits per heavy atom. The van der Waals surface area contributed by atoms with E-state index in [-0.39, 0.29) is 5.91 Å². The van der Waals surface area contributed by atoms with Crippen molar-refractivity contribution in [3.63, 3.8) is 0 Å². The number of amides is 1. The molecule has 0 bridgehead atoms. The fourth-order valence-corrected chi connectivity index (χ4v) is 1.04. The summed E-state index contributed by atoms with van der Waals surface area (Å²) in [6.07, 6.45) is 0. The molecule has 0 atom stereocenters. The van der Waals surface area contributed by atoms with Crippen LogP contribution in [0.25, 0.3) is 10.4 Å². The maximum Gasteiger partial charge on any atom is 0.234 e. The number of hydrogen-bond acceptors (Lipinski definition) is 3. The molecule has 0 aliphatic rings. The summed E-state index contributed by atoms with van der Waals surface area (Å²) in [7, 11) is 0. The molecule has 80 valence electrons. The van der Waals surface area contributed by atoms with Crippen molar-refractivity contribution in [3.05, 3.63) is 10.4 Å². The Kier molecular flexibility index (Phi) is 7.59. The first-order valence-corrected chi connectivity index (χ1v) is 4.74. The van der Waals surface area contributed by atoms with Crippen LogP contribution in [0.5, 0.6) is 0 Å². The highest BCUT2D eigenvalue weighted by molar-refractivity contribution is 5.77. The molecule has 1 amide bonds. The molecule has 1 N–H and O–H groups in total. The van der Waals surface area contributed by atoms with E-state index in [2.05, 4.69) is 15.3 Å². The van der Waals surface area contributed by atoms with Crippen molar-refractivity contribution in [3.8, 4) is 0 Å². The van der Waals surface area contributed by atoms with E-state index < -0.39 is 0 Å². The van der Waals surface area contributed by atoms with Gasteiger partial charge in [-0.1, -0.05) is 12.0 Å². The van der Waals surface area contributed by atoms with Gasteiger partial charge in [-0.25, -0.2) is 0 Å². The van der Waals surface area contributed by atoms with E-state index in [4.69, 9.17) is 5.53 Å². The molecule has 0 aromatic carbocycles. The number of carbonyl (C=O) groups excluding carboxylic acids is 1. The smallest absolute Gasteiger partial charge is 0.234 e. The molecule has 0 spiro atoms. The SMILES string of the molecule is CCNC(=O)CN(CC)CCN=[N+]=[N-]. The number of rotatable bonds is 7. The standard InChI is InChI=1S/C8H17N5O/c1-3-10-8(14)7-13(4-2)6-5-11-12-9/h3-7H2,1-2H3,(H,10,14). The maximum atomic E-state index is 11.2. The fraction of sp³-hybridized carbons (Fsp3) is 0.875. The Bertz CT molecular complexity index is 212. The van der Waals surface area contributed by atoms with Crippen molar-refractivity contribution >= 4 is 5.91 Å². The second kappa shape index (κ2) is 8.34. The summed E-state index contributed by atoms with van der Waals surface area (Å²) in [4.78, 5) is 15.8. The van der Waals surface area contributed by atoms with Crippen LogP contribution in [0.2, 0.25) is 0 Å². The highest BCUT2D eigenvalue weighted by atomic mass is 16.2. The van der Waals surface area contributed by atoms with E-state index in [0.717, 1.165) is 6.54 Å². The average Bonchev–Trinajstić information content (AvgIpc) is 2.17. The summed E-state index contributed by atoms with van der Waals surface area (Å²) < 4.78 is 0. The topological polar surface area (TPSA) is 81.1 Å². The molecule has 0 aromatic heterocycles. The summed E-state index contributed by atoms with van der Waals surface area (Å²) in [6, 6.07) is 0. The van der Waals surface area contributed by atoms with Gasteiger partial charge in [-0.05, 0) is 19.0 Å². The van der Waals surface area contributed by atoms with Crippen molar-refractivity contribution in [1.29, 1.82) is 0 Å². The predicted molar refractivity (Wildman–Crippen MR) is 54.8 cm³/mol. The number of likely N-dealkylation sites (N-methyl/N-ethyl adjacent to an activating group) is 2. The molecule has 0 heterocycles. The Hall–Kier alpha value is -1.26. The molecule has 0 fully saturated rings. The Balaban J connectivity index is 3.77. The van der Waals surface area contributed by atoms with E-state index in [0.29, 0.717) is 26.2 Å². The lowest BCUT2D eigenvalue weighted by Gasteiger charge is -2.18. The number of carbonyl (C=O) groups is 1. The average molecular weight is 199 g/mol. The first-order chi connectivity index (χ1) is 6.74. The summed E-state index contributed by atoms with van der Waals surface area (Å²) in [5.41, 5.74) is 8.08. The quantitative estimate of drug-likeness (QED) is 0.373. The van der Waals surface area contributed by atoms with E-state index in [1.165, 1.54) is 0 Å². The molecule has 0 saturated heterocycles. The largest absolute Gasteiger partial charge is 0.355 e. The second-order valence-electron chi connectivity index (χ2n) is 2.78. The van der Waals surface area contributed by atoms with Crippen molar-refractivity contribution in [1.82, 2.24) is 10.2 Å². The molecule has 0 aromatic rings. The third kappa shape index (κ3) is 6.28. The van der Waals surface area contributed by atoms with Crippen LogP contribution in [0.15, 0.2) is 5.11 Å². The lowest BCUT2D eigenvalue weighted by Crippen LogP contribution is -2.38. The van der Waals surface area contributed by atoms with Crippen molar-refractivity contribution < 1.29 is 4.79 Å². The van der Waals surface area contributed by atoms with Crippen LogP contribution in [0.4, 0.5) is 0 Å². The minimum atomic E-state index is 0.00953. The molecular weight excluding hydrogens is 182 g/mol. The third-order valence-electron chi connectivity index (χ3n) is 1.77. The molecule has 14 heavy (non-hydrogen) atoms. The van der Waals surface area contributed by atoms with E-state index in [9.17, 15) is 4.79 Å². The van der Waals surface area contributed by atoms with Crippen LogP contribution in [-0.2, 0) is 4.79 Å². The minimum Gasteiger partial charge on any atom is -0.355 e. The first-order valence-electron chi connectivity index (χ1n) is 4.74. The Morgan fingerprint density at radius 3 is 2.79 bits per heavy atom. The van der Waals surface area contributed by atoms with Gasteiger partial charge in [0.1, 0.15) is 0 Å². The van der Waals surface area contributed by atoms with Gasteiger partial charge in [0.15, 0.2) is 0 Å². The number of hydrogen-bond donors (Lipinski definition) is 1. The van der Waals surface area contributed by atoms with Crippen molar-refractivity contribution in [2.75, 3.05) is 32.7 Å². The highest BCUT2D eigenvalue weighted by Crippen LogP contribution is 1.87. The molecule has 0 unspecified atom stereocenters. The van der Waals surface area contributed by atoms with Gasteiger partial charge in [0.2, 0.25) is 5.91 Å². The van der Waals surface area contributed by atoms with Crippen LogP contribution < -0.4 is 5.32 Å². The Labute approximate surface area is 83.9 Å². The fourth-order valence-electron chi connectivity index (χ4n) is 1.04. The lowest BCUT2D eigenvalue weighted by molar-refractivity contribution is -0.122. The third-order valence-corrected chi connectivity index (χ3v) is 1.77. The van der Waals surface area contributed by atoms with Crippen molar-refractivity contribution in [2.24, 2.45) is 5.11 Å². The molecule has 0 rings (SSSR count). The van der Waals surface area contributed by atoms with Gasteiger partial charge in [-0.3, -0.25) is 9.69 Å². The van der Waals surface area contributed by atoms with E-state index in [1.807, 2.05) is 18.7 Å². The van der Waals surface area contributed by atoms with Crippen LogP contribution in [0.1, 0.15) is 13.8 Å². The summed E-state index contributed by atoms with van der Waals surface area (Å²) >= 11 is 0. The molecule has 0 radical (unpaired) electrons. The zero-order chi connectivity index (χ0) is 10.8. The lowest BCUT2D eigenvalue weighted by atomic mass is 10.4. The number of nitrogens with zero attached hydrogens (tertiary/aromatic N) is 4. The van der Waals surface area contributed by atoms with Crippen LogP contribution in [0, 0.1) is 0 Å². The molecule has 6 nitrogen and oxygen atoms in total. The first kappa shape index (κ1) is 12.7. The maximum absolute atomic E-state index is 11.2. The molecule has 0 aliphatic heterocycles. The second-order valence-corrected chi connectivity index (χ2v) is 2.78. The normalized spacial score (nSPS) is 9.64. The molecule has 6 heteroatoms. The molecular formula is C8H17N5O. The minimum absolute atomic E-state index is 0.00953. The van der Waals surface area contributed by atoms with Crippen LogP contribution in [-0.4, -0.2) is 43.5 Å². The number of nitrogens with one attached hydrogen (secondary N) is 1. The van der Waals surface area contributed by atoms with Crippen molar-refractivity contribution in [2.45, 2.75) is 13.8 Å². The monoisotopic (exact) mass is 199 g/mol. The molecule has 0 saturated carbocycles. The predicted octanol–water partition coefficient (Wildman–Crippen LogP) is 0.755. The van der Waals surface area contributed by atoms with Gasteiger partial charge in [-0.2, -0.15) is 0 Å². The van der Waals surface area contributed by atoms with Gasteiger partial charge < -0.3 is 5.32 Å². The zero-order valence-corrected chi connectivity index (χ0v) is 8.73. The van der Waals surface area contributed by atoms with Gasteiger partial charge in [0, 0.05) is 24.5 Å². The van der Waals surface area contributed by atoms with E-state index in [1.54, 1.807) is 0 Å². The van der Waals surface area contributed by atoms with Crippen LogP contribution in [0.3, 0.4) is 0 Å². The van der Waals surface area contributed by atoms with Gasteiger partial charge in [0.05, 0.1) is 6.54 Å². The highest BCUT2D eigenvalue weighted by Gasteiger charge is 2.06. The van der Waals surface area contributed by atoms with Gasteiger partial charge >= 0.3 is 0 Å². The van der Waals surface area contributed by atoms with Gasteiger partial charge in [0.25, 0.3) is 0 Å².